The summed E-state index contributed by atoms with van der Waals surface area (Å²) in [4.78, 5) is 15.2. The van der Waals surface area contributed by atoms with Gasteiger partial charge in [0.2, 0.25) is 0 Å². The molecule has 0 aromatic carbocycles. The zero-order valence-electron chi connectivity index (χ0n) is 6.60. The molecule has 1 N–H and O–H groups in total. The first-order valence-electron chi connectivity index (χ1n) is 3.39. The molecule has 2 rings (SSSR count). The molecule has 0 bridgehead atoms. The van der Waals surface area contributed by atoms with Gasteiger partial charge in [-0.1, -0.05) is 10.1 Å². The van der Waals surface area contributed by atoms with Crippen molar-refractivity contribution in [3.8, 4) is 11.4 Å². The molecule has 0 unspecified atom stereocenters. The van der Waals surface area contributed by atoms with Gasteiger partial charge in [0.25, 0.3) is 0 Å². The van der Waals surface area contributed by atoms with Gasteiger partial charge in [-0.3, -0.25) is 9.51 Å². The lowest BCUT2D eigenvalue weighted by Crippen LogP contribution is -2.33. The molecule has 7 heteroatoms. The minimum absolute atomic E-state index is 0.382. The standard InChI is InChI=1S/C6H5N3O2S2/c1-9-4(5(10)11-8-9)3-2-13-6(12)7-3/h2H,1H3,(H-,7,8,10,12). The van der Waals surface area contributed by atoms with Crippen LogP contribution in [-0.2, 0) is 19.7 Å². The number of hydrogen-bond donors (Lipinski definition) is 1. The van der Waals surface area contributed by atoms with Crippen LogP contribution in [0.15, 0.2) is 19.0 Å². The highest BCUT2D eigenvalue weighted by Gasteiger charge is 2.20. The number of rotatable bonds is 1. The minimum atomic E-state index is -0.442. The molecule has 2 aromatic rings. The van der Waals surface area contributed by atoms with Gasteiger partial charge in [0.05, 0.1) is 0 Å². The Labute approximate surface area is 82.4 Å². The van der Waals surface area contributed by atoms with Crippen molar-refractivity contribution in [2.45, 2.75) is 4.34 Å². The number of aromatic amines is 1. The summed E-state index contributed by atoms with van der Waals surface area (Å²) in [5, 5.41) is 4.13. The van der Waals surface area contributed by atoms with Crippen molar-refractivity contribution < 1.29 is 9.20 Å². The fourth-order valence-electron chi connectivity index (χ4n) is 0.983. The fraction of sp³-hybridized carbons (Fsp3) is 0.167. The molecule has 0 atom stereocenters. The number of H-pyrrole nitrogens is 1. The first-order valence-corrected chi connectivity index (χ1v) is 4.67. The van der Waals surface area contributed by atoms with E-state index in [1.165, 1.54) is 16.0 Å². The molecule has 0 saturated carbocycles. The zero-order valence-corrected chi connectivity index (χ0v) is 8.24. The SMILES string of the molecule is C[n+]1[nH]oc(=O)c1-c1csc([S-])n1. The molecule has 2 aromatic heterocycles. The van der Waals surface area contributed by atoms with Gasteiger partial charge in [-0.05, 0) is 9.61 Å². The van der Waals surface area contributed by atoms with E-state index in [4.69, 9.17) is 12.6 Å². The highest BCUT2D eigenvalue weighted by molar-refractivity contribution is 7.62. The molecular weight excluding hydrogens is 210 g/mol. The summed E-state index contributed by atoms with van der Waals surface area (Å²) in [6, 6.07) is 0. The van der Waals surface area contributed by atoms with E-state index in [0.29, 0.717) is 15.7 Å². The molecule has 2 heterocycles. The van der Waals surface area contributed by atoms with Gasteiger partial charge < -0.3 is 24.0 Å². The summed E-state index contributed by atoms with van der Waals surface area (Å²) >= 11 is 6.16. The number of aromatic nitrogens is 3. The van der Waals surface area contributed by atoms with Gasteiger partial charge in [0.15, 0.2) is 7.05 Å². The molecule has 0 fully saturated rings. The first kappa shape index (κ1) is 8.39. The smallest absolute Gasteiger partial charge is 0.408 e. The van der Waals surface area contributed by atoms with Crippen LogP contribution < -0.4 is 10.3 Å². The van der Waals surface area contributed by atoms with Crippen LogP contribution in [0.25, 0.3) is 11.4 Å². The molecule has 0 radical (unpaired) electrons. The third-order valence-corrected chi connectivity index (χ3v) is 2.54. The molecule has 0 aliphatic heterocycles. The summed E-state index contributed by atoms with van der Waals surface area (Å²) in [6.07, 6.45) is 0. The van der Waals surface area contributed by atoms with Crippen molar-refractivity contribution >= 4 is 24.0 Å². The fourth-order valence-corrected chi connectivity index (χ4v) is 1.75. The number of nitrogens with zero attached hydrogens (tertiary/aromatic N) is 2. The van der Waals surface area contributed by atoms with E-state index >= 15 is 0 Å². The average Bonchev–Trinajstić information content (AvgIpc) is 2.60. The summed E-state index contributed by atoms with van der Waals surface area (Å²) < 4.78 is 6.55. The normalized spacial score (nSPS) is 10.5. The van der Waals surface area contributed by atoms with Crippen LogP contribution in [0.3, 0.4) is 0 Å². The molecule has 0 amide bonds. The highest BCUT2D eigenvalue weighted by atomic mass is 32.2. The van der Waals surface area contributed by atoms with Gasteiger partial charge in [-0.2, -0.15) is 0 Å². The van der Waals surface area contributed by atoms with Crippen molar-refractivity contribution in [1.29, 1.82) is 0 Å². The van der Waals surface area contributed by atoms with Crippen molar-refractivity contribution in [2.75, 3.05) is 0 Å². The maximum atomic E-state index is 11.2. The Morgan fingerprint density at radius 1 is 1.77 bits per heavy atom. The molecule has 0 aliphatic carbocycles. The van der Waals surface area contributed by atoms with Crippen molar-refractivity contribution in [1.82, 2.24) is 10.3 Å². The minimum Gasteiger partial charge on any atom is -0.408 e. The van der Waals surface area contributed by atoms with E-state index < -0.39 is 5.63 Å². The molecular formula is C6H5N3O2S2. The van der Waals surface area contributed by atoms with Crippen LogP contribution in [0.1, 0.15) is 0 Å². The van der Waals surface area contributed by atoms with E-state index in [0.717, 1.165) is 0 Å². The lowest BCUT2D eigenvalue weighted by molar-refractivity contribution is -0.730. The van der Waals surface area contributed by atoms with Crippen LogP contribution in [0.4, 0.5) is 0 Å². The monoisotopic (exact) mass is 215 g/mol. The van der Waals surface area contributed by atoms with E-state index in [2.05, 4.69) is 14.8 Å². The zero-order chi connectivity index (χ0) is 9.42. The molecule has 68 valence electrons. The summed E-state index contributed by atoms with van der Waals surface area (Å²) in [5.41, 5.74) is 0.489. The van der Waals surface area contributed by atoms with Gasteiger partial charge in [0.1, 0.15) is 5.69 Å². The van der Waals surface area contributed by atoms with Crippen molar-refractivity contribution in [3.63, 3.8) is 0 Å². The predicted octanol–water partition coefficient (Wildman–Crippen LogP) is -0.178. The van der Waals surface area contributed by atoms with Gasteiger partial charge in [-0.15, -0.1) is 0 Å². The Morgan fingerprint density at radius 2 is 2.54 bits per heavy atom. The maximum Gasteiger partial charge on any atom is 0.436 e. The largest absolute Gasteiger partial charge is 0.436 e. The van der Waals surface area contributed by atoms with Crippen LogP contribution in [-0.4, -0.2) is 10.3 Å². The van der Waals surface area contributed by atoms with E-state index in [1.54, 1.807) is 12.4 Å². The number of aryl methyl sites for hydroxylation is 1. The Bertz CT molecular complexity index is 484. The van der Waals surface area contributed by atoms with E-state index in [9.17, 15) is 4.79 Å². The first-order chi connectivity index (χ1) is 6.18. The maximum absolute atomic E-state index is 11.2. The number of hydrogen-bond acceptors (Lipinski definition) is 5. The number of thiazole rings is 1. The number of nitrogens with one attached hydrogen (secondary N) is 1. The third kappa shape index (κ3) is 1.36. The summed E-state index contributed by atoms with van der Waals surface area (Å²) in [5.74, 6) is 0. The van der Waals surface area contributed by atoms with Crippen LogP contribution in [0.2, 0.25) is 0 Å². The molecule has 0 aliphatic rings. The van der Waals surface area contributed by atoms with E-state index in [-0.39, 0.29) is 0 Å². The Morgan fingerprint density at radius 3 is 3.00 bits per heavy atom. The summed E-state index contributed by atoms with van der Waals surface area (Å²) in [7, 11) is 1.67. The van der Waals surface area contributed by atoms with E-state index in [1.807, 2.05) is 0 Å². The third-order valence-electron chi connectivity index (χ3n) is 1.53. The second kappa shape index (κ2) is 2.93. The van der Waals surface area contributed by atoms with Crippen LogP contribution >= 0.6 is 11.3 Å². The van der Waals surface area contributed by atoms with Gasteiger partial charge >= 0.3 is 11.3 Å². The Kier molecular flexibility index (Phi) is 1.89. The van der Waals surface area contributed by atoms with Gasteiger partial charge in [0, 0.05) is 0 Å². The second-order valence-electron chi connectivity index (χ2n) is 2.39. The second-order valence-corrected chi connectivity index (χ2v) is 3.89. The molecule has 0 saturated heterocycles. The van der Waals surface area contributed by atoms with Crippen molar-refractivity contribution in [3.05, 3.63) is 15.8 Å². The Balaban J connectivity index is 2.64. The quantitative estimate of drug-likeness (QED) is 0.529. The highest BCUT2D eigenvalue weighted by Crippen LogP contribution is 2.15. The predicted molar refractivity (Wildman–Crippen MR) is 47.2 cm³/mol. The molecule has 0 spiro atoms. The van der Waals surface area contributed by atoms with Crippen LogP contribution in [0.5, 0.6) is 0 Å². The lowest BCUT2D eigenvalue weighted by atomic mass is 10.4. The average molecular weight is 215 g/mol. The topological polar surface area (TPSA) is 62.8 Å². The van der Waals surface area contributed by atoms with Gasteiger partial charge in [-0.25, -0.2) is 4.79 Å². The Hall–Kier alpha value is -1.21. The lowest BCUT2D eigenvalue weighted by Gasteiger charge is -1.85. The molecule has 13 heavy (non-hydrogen) atoms. The van der Waals surface area contributed by atoms with Crippen LogP contribution in [0, 0.1) is 0 Å². The van der Waals surface area contributed by atoms with Crippen molar-refractivity contribution in [2.24, 2.45) is 7.05 Å². The molecule has 5 nitrogen and oxygen atoms in total. The summed E-state index contributed by atoms with van der Waals surface area (Å²) in [6.45, 7) is 0.